The van der Waals surface area contributed by atoms with Gasteiger partial charge < -0.3 is 31.7 Å². The second kappa shape index (κ2) is 19.9. The Kier molecular flexibility index (Phi) is 17.5. The van der Waals surface area contributed by atoms with E-state index in [0.717, 1.165) is 63.1 Å². The normalized spacial score (nSPS) is 13.8. The monoisotopic (exact) mass is 520 g/mol. The van der Waals surface area contributed by atoms with E-state index < -0.39 is 47.8 Å². The molecule has 0 unspecified atom stereocenters. The highest BCUT2D eigenvalue weighted by atomic mass is 32.2. The van der Waals surface area contributed by atoms with Gasteiger partial charge in [-0.1, -0.05) is 58.3 Å². The lowest BCUT2D eigenvalue weighted by Crippen LogP contribution is -2.45. The minimum absolute atomic E-state index is 0.0323. The molecule has 35 heavy (non-hydrogen) atoms. The van der Waals surface area contributed by atoms with Crippen LogP contribution in [0.1, 0.15) is 85.3 Å². The molecule has 0 saturated heterocycles. The third-order valence-corrected chi connectivity index (χ3v) is 6.39. The number of carboxylic acids is 3. The first kappa shape index (κ1) is 30.7. The van der Waals surface area contributed by atoms with Gasteiger partial charge in [0.05, 0.1) is 0 Å². The van der Waals surface area contributed by atoms with Crippen LogP contribution >= 0.6 is 11.8 Å². The summed E-state index contributed by atoms with van der Waals surface area (Å²) in [7, 11) is 0. The minimum atomic E-state index is -1.31. The lowest BCUT2D eigenvalue weighted by Gasteiger charge is -2.17. The van der Waals surface area contributed by atoms with Crippen molar-refractivity contribution in [3.05, 3.63) is 0 Å². The van der Waals surface area contributed by atoms with E-state index in [1.165, 1.54) is 0 Å². The van der Waals surface area contributed by atoms with E-state index in [1.54, 1.807) is 0 Å². The lowest BCUT2D eigenvalue weighted by atomic mass is 10.1. The summed E-state index contributed by atoms with van der Waals surface area (Å²) in [6.07, 6.45) is 8.75. The highest BCUT2D eigenvalue weighted by Gasteiger charge is 2.24. The Balaban J connectivity index is 4.23. The number of unbranched alkanes of at least 4 members (excludes halogenated alkanes) is 8. The van der Waals surface area contributed by atoms with Gasteiger partial charge >= 0.3 is 17.9 Å². The maximum absolute atomic E-state index is 12.1. The molecule has 3 atom stereocenters. The molecular formula is C23H41N3O8S. The van der Waals surface area contributed by atoms with Crippen molar-refractivity contribution in [2.45, 2.75) is 102 Å². The Morgan fingerprint density at radius 3 is 1.80 bits per heavy atom. The van der Waals surface area contributed by atoms with Crippen molar-refractivity contribution < 1.29 is 40.7 Å². The molecule has 0 saturated carbocycles. The van der Waals surface area contributed by atoms with Crippen LogP contribution in [0, 0.1) is 0 Å². The van der Waals surface area contributed by atoms with E-state index in [4.69, 9.17) is 12.2 Å². The Bertz CT molecular complexity index is 698. The fraction of sp³-hybridized carbons (Fsp3) is 0.783. The fourth-order valence-corrected chi connectivity index (χ4v) is 4.14. The van der Waals surface area contributed by atoms with Crippen molar-refractivity contribution in [1.82, 2.24) is 10.6 Å². The van der Waals surface area contributed by atoms with E-state index in [-0.39, 0.29) is 30.8 Å². The van der Waals surface area contributed by atoms with Crippen molar-refractivity contribution in [1.29, 1.82) is 0 Å². The number of amides is 2. The maximum Gasteiger partial charge on any atom is 0.327 e. The first-order valence-corrected chi connectivity index (χ1v) is 13.1. The van der Waals surface area contributed by atoms with Gasteiger partial charge in [0.2, 0.25) is 11.8 Å². The quantitative estimate of drug-likeness (QED) is 0.115. The number of carbonyl (C=O) groups excluding carboxylic acids is 2. The predicted octanol–water partition coefficient (Wildman–Crippen LogP) is 1.97. The smallest absolute Gasteiger partial charge is 0.327 e. The molecule has 0 fully saturated rings. The zero-order valence-corrected chi connectivity index (χ0v) is 21.0. The van der Waals surface area contributed by atoms with Gasteiger partial charge in [0.1, 0.15) is 18.1 Å². The molecule has 0 radical (unpaired) electrons. The van der Waals surface area contributed by atoms with Crippen LogP contribution in [0.4, 0.5) is 0 Å². The Morgan fingerprint density at radius 1 is 0.743 bits per heavy atom. The third-order valence-electron chi connectivity index (χ3n) is 5.23. The maximum atomic E-state index is 12.1. The highest BCUT2D eigenvalue weighted by molar-refractivity contribution is 7.99. The number of thioether (sulfide) groups is 1. The molecular weight excluding hydrogens is 478 g/mol. The van der Waals surface area contributed by atoms with Gasteiger partial charge in [-0.2, -0.15) is 11.8 Å². The second-order valence-corrected chi connectivity index (χ2v) is 9.44. The van der Waals surface area contributed by atoms with E-state index in [0.29, 0.717) is 13.3 Å². The van der Waals surface area contributed by atoms with Gasteiger partial charge in [0.15, 0.2) is 0 Å². The van der Waals surface area contributed by atoms with Crippen molar-refractivity contribution >= 4 is 41.5 Å². The summed E-state index contributed by atoms with van der Waals surface area (Å²) in [4.78, 5) is 57.7. The zero-order chi connectivity index (χ0) is 27.3. The van der Waals surface area contributed by atoms with E-state index >= 15 is 0 Å². The number of rotatable bonds is 22. The van der Waals surface area contributed by atoms with Crippen LogP contribution in [0.2, 0.25) is 0 Å². The van der Waals surface area contributed by atoms with Gasteiger partial charge in [0.25, 0.3) is 0 Å². The molecule has 0 heterocycles. The molecule has 0 aliphatic rings. The molecule has 0 spiro atoms. The van der Waals surface area contributed by atoms with E-state index in [2.05, 4.69) is 10.6 Å². The van der Waals surface area contributed by atoms with E-state index in [9.17, 15) is 34.2 Å². The fourth-order valence-electron chi connectivity index (χ4n) is 3.15. The van der Waals surface area contributed by atoms with Crippen LogP contribution in [0.3, 0.4) is 0 Å². The molecule has 0 rings (SSSR count). The Hall–Kier alpha value is -2.34. The first-order chi connectivity index (χ1) is 17.1. The average molecular weight is 521 g/mol. The van der Waals surface area contributed by atoms with Gasteiger partial charge in [-0.3, -0.25) is 14.4 Å². The van der Waals surface area contributed by atoms with Gasteiger partial charge in [-0.05, 0) is 12.8 Å². The molecule has 7 N–H and O–H groups in total. The number of aliphatic carboxylic acids is 3. The molecule has 12 heteroatoms. The standard InChI is InChI=1S/C23H41N3O8S/c1-2-3-4-5-6-7-8-9-10-11-19(27)25-17(22(31)32)12-13-20(28)26-18(23(33)34)15-35-14-16(24)21(29)30/h16-18H,2-15,24H2,1H3,(H,25,27)(H,26,28)(H,29,30)(H,31,32)(H,33,34)/t16-,17-,18+/m0/s1/i1D. The molecule has 2 amide bonds. The molecule has 202 valence electrons. The number of hydrogen-bond donors (Lipinski definition) is 6. The summed E-state index contributed by atoms with van der Waals surface area (Å²) in [5.41, 5.74) is 5.36. The Labute approximate surface area is 212 Å². The molecule has 0 aromatic rings. The van der Waals surface area contributed by atoms with Crippen molar-refractivity contribution in [3.8, 4) is 0 Å². The van der Waals surface area contributed by atoms with Crippen molar-refractivity contribution in [3.63, 3.8) is 0 Å². The third kappa shape index (κ3) is 17.7. The average Bonchev–Trinajstić information content (AvgIpc) is 2.81. The second-order valence-electron chi connectivity index (χ2n) is 8.37. The summed E-state index contributed by atoms with van der Waals surface area (Å²) in [6, 6.07) is -3.71. The number of nitrogens with one attached hydrogen (secondary N) is 2. The summed E-state index contributed by atoms with van der Waals surface area (Å²) in [6.45, 7) is 0.482. The Morgan fingerprint density at radius 2 is 1.26 bits per heavy atom. The van der Waals surface area contributed by atoms with Crippen LogP contribution in [0.25, 0.3) is 0 Å². The lowest BCUT2D eigenvalue weighted by molar-refractivity contribution is -0.143. The summed E-state index contributed by atoms with van der Waals surface area (Å²) in [5.74, 6) is -5.05. The molecule has 0 aliphatic heterocycles. The van der Waals surface area contributed by atoms with Crippen LogP contribution in [0.5, 0.6) is 0 Å². The van der Waals surface area contributed by atoms with Crippen LogP contribution in [-0.4, -0.2) is 74.7 Å². The molecule has 0 bridgehead atoms. The molecule has 11 nitrogen and oxygen atoms in total. The van der Waals surface area contributed by atoms with Crippen molar-refractivity contribution in [2.75, 3.05) is 11.5 Å². The van der Waals surface area contributed by atoms with Crippen LogP contribution < -0.4 is 16.4 Å². The molecule has 0 aliphatic carbocycles. The summed E-state index contributed by atoms with van der Waals surface area (Å²) >= 11 is 0.964. The molecule has 0 aromatic carbocycles. The van der Waals surface area contributed by atoms with Gasteiger partial charge in [-0.25, -0.2) is 9.59 Å². The van der Waals surface area contributed by atoms with Crippen molar-refractivity contribution in [2.24, 2.45) is 5.73 Å². The zero-order valence-electron chi connectivity index (χ0n) is 21.2. The summed E-state index contributed by atoms with van der Waals surface area (Å²) < 4.78 is 7.10. The van der Waals surface area contributed by atoms with Crippen LogP contribution in [0.15, 0.2) is 0 Å². The molecule has 0 aromatic heterocycles. The SMILES string of the molecule is [2H]CCCCCCCCCCCC(=O)N[C@@H](CCC(=O)N[C@H](CSC[C@H](N)C(=O)O)C(=O)O)C(=O)O. The van der Waals surface area contributed by atoms with Gasteiger partial charge in [0, 0.05) is 25.7 Å². The predicted molar refractivity (Wildman–Crippen MR) is 133 cm³/mol. The topological polar surface area (TPSA) is 196 Å². The largest absolute Gasteiger partial charge is 0.480 e. The number of carbonyl (C=O) groups is 5. The highest BCUT2D eigenvalue weighted by Crippen LogP contribution is 2.11. The number of hydrogen-bond acceptors (Lipinski definition) is 7. The van der Waals surface area contributed by atoms with E-state index in [1.807, 2.05) is 0 Å². The first-order valence-electron chi connectivity index (χ1n) is 12.7. The summed E-state index contributed by atoms with van der Waals surface area (Å²) in [5, 5.41) is 32.0. The van der Waals surface area contributed by atoms with Gasteiger partial charge in [-0.15, -0.1) is 0 Å². The number of nitrogens with two attached hydrogens (primary N) is 1. The number of carboxylic acid groups (broad SMARTS) is 3. The minimum Gasteiger partial charge on any atom is -0.480 e. The van der Waals surface area contributed by atoms with Crippen LogP contribution in [-0.2, 0) is 24.0 Å².